The van der Waals surface area contributed by atoms with Crippen LogP contribution in [0.25, 0.3) is 0 Å². The van der Waals surface area contributed by atoms with Gasteiger partial charge in [0.15, 0.2) is 0 Å². The normalized spacial score (nSPS) is 10.2. The van der Waals surface area contributed by atoms with Crippen molar-refractivity contribution >= 4 is 16.1 Å². The van der Waals surface area contributed by atoms with E-state index >= 15 is 0 Å². The van der Waals surface area contributed by atoms with E-state index in [9.17, 15) is 13.2 Å². The molecule has 14 heavy (non-hydrogen) atoms. The summed E-state index contributed by atoms with van der Waals surface area (Å²) in [5, 5.41) is 10.7. The zero-order valence-electron chi connectivity index (χ0n) is 7.93. The summed E-state index contributed by atoms with van der Waals surface area (Å²) in [6, 6.07) is 0. The van der Waals surface area contributed by atoms with Crippen molar-refractivity contribution in [2.45, 2.75) is 6.42 Å². The third-order valence-corrected chi connectivity index (χ3v) is 1.72. The van der Waals surface area contributed by atoms with Gasteiger partial charge in [-0.25, -0.2) is 0 Å². The van der Waals surface area contributed by atoms with E-state index in [4.69, 9.17) is 15.4 Å². The number of hydrogen-bond donors (Lipinski definition) is 4. The first-order valence-electron chi connectivity index (χ1n) is 3.85. The van der Waals surface area contributed by atoms with Gasteiger partial charge in [-0.1, -0.05) is 0 Å². The minimum atomic E-state index is -3.80. The molecule has 0 amide bonds. The highest BCUT2D eigenvalue weighted by Gasteiger charge is 1.98. The van der Waals surface area contributed by atoms with Gasteiger partial charge in [0, 0.05) is 13.1 Å². The average Bonchev–Trinajstić information content (AvgIpc) is 1.99. The Morgan fingerprint density at radius 1 is 1.50 bits per heavy atom. The average molecular weight is 228 g/mol. The molecule has 0 aliphatic rings. The maximum Gasteiger partial charge on any atom is 0.304 e. The van der Waals surface area contributed by atoms with Gasteiger partial charge in [-0.15, -0.1) is 0 Å². The van der Waals surface area contributed by atoms with Crippen LogP contribution in [0.1, 0.15) is 6.42 Å². The lowest BCUT2D eigenvalue weighted by Gasteiger charge is -1.88. The second kappa shape index (κ2) is 8.88. The molecule has 0 bridgehead atoms. The van der Waals surface area contributed by atoms with Crippen molar-refractivity contribution in [3.05, 3.63) is 0 Å². The van der Waals surface area contributed by atoms with Gasteiger partial charge in [-0.3, -0.25) is 9.35 Å². The second-order valence-electron chi connectivity index (χ2n) is 2.32. The fraction of sp³-hybridized carbons (Fsp3) is 0.833. The molecule has 7 nitrogen and oxygen atoms in total. The molecule has 0 atom stereocenters. The molecule has 0 aromatic carbocycles. The van der Waals surface area contributed by atoms with Crippen LogP contribution in [0, 0.1) is 0 Å². The summed E-state index contributed by atoms with van der Waals surface area (Å²) in [4.78, 5) is 9.72. The Kier molecular flexibility index (Phi) is 9.99. The number of nitrogens with two attached hydrogens (primary N) is 1. The Hall–Kier alpha value is -0.700. The SMILES string of the molecule is CNCCC(=O)O.NCCS(=O)(=O)O. The zero-order valence-corrected chi connectivity index (χ0v) is 8.75. The molecule has 0 aliphatic carbocycles. The first kappa shape index (κ1) is 15.8. The first-order chi connectivity index (χ1) is 6.33. The van der Waals surface area contributed by atoms with Crippen molar-refractivity contribution in [1.29, 1.82) is 0 Å². The highest BCUT2D eigenvalue weighted by Crippen LogP contribution is 1.74. The van der Waals surface area contributed by atoms with E-state index in [0.29, 0.717) is 6.54 Å². The maximum atomic E-state index is 9.72. The van der Waals surface area contributed by atoms with Crippen LogP contribution in [0.3, 0.4) is 0 Å². The topological polar surface area (TPSA) is 130 Å². The summed E-state index contributed by atoms with van der Waals surface area (Å²) >= 11 is 0. The van der Waals surface area contributed by atoms with E-state index in [1.807, 2.05) is 0 Å². The minimum Gasteiger partial charge on any atom is -0.481 e. The molecule has 0 fully saturated rings. The molecule has 0 saturated heterocycles. The van der Waals surface area contributed by atoms with Crippen molar-refractivity contribution < 1.29 is 22.9 Å². The van der Waals surface area contributed by atoms with Crippen LogP contribution < -0.4 is 11.1 Å². The Morgan fingerprint density at radius 2 is 2.00 bits per heavy atom. The largest absolute Gasteiger partial charge is 0.481 e. The van der Waals surface area contributed by atoms with Crippen LogP contribution in [-0.2, 0) is 14.9 Å². The fourth-order valence-corrected chi connectivity index (χ4v) is 0.679. The van der Waals surface area contributed by atoms with Crippen molar-refractivity contribution in [2.24, 2.45) is 5.73 Å². The van der Waals surface area contributed by atoms with E-state index in [2.05, 4.69) is 5.32 Å². The molecular weight excluding hydrogens is 212 g/mol. The second-order valence-corrected chi connectivity index (χ2v) is 3.89. The van der Waals surface area contributed by atoms with E-state index in [1.165, 1.54) is 0 Å². The summed E-state index contributed by atoms with van der Waals surface area (Å²) in [6.07, 6.45) is 0.205. The molecule has 86 valence electrons. The monoisotopic (exact) mass is 228 g/mol. The van der Waals surface area contributed by atoms with Crippen molar-refractivity contribution in [3.63, 3.8) is 0 Å². The molecule has 0 saturated carbocycles. The Morgan fingerprint density at radius 3 is 2.07 bits per heavy atom. The quantitative estimate of drug-likeness (QED) is 0.422. The first-order valence-corrected chi connectivity index (χ1v) is 5.46. The van der Waals surface area contributed by atoms with Gasteiger partial charge < -0.3 is 16.2 Å². The standard InChI is InChI=1S/C4H9NO2.C2H7NO3S/c1-5-3-2-4(6)7;3-1-2-7(4,5)6/h5H,2-3H2,1H3,(H,6,7);1-3H2,(H,4,5,6). The third-order valence-electron chi connectivity index (χ3n) is 0.965. The fourth-order valence-electron chi connectivity index (χ4n) is 0.381. The van der Waals surface area contributed by atoms with Gasteiger partial charge in [0.1, 0.15) is 0 Å². The lowest BCUT2D eigenvalue weighted by Crippen LogP contribution is -2.13. The molecular formula is C6H16N2O5S. The predicted octanol–water partition coefficient (Wildman–Crippen LogP) is -1.49. The summed E-state index contributed by atoms with van der Waals surface area (Å²) < 4.78 is 27.3. The van der Waals surface area contributed by atoms with Crippen LogP contribution >= 0.6 is 0 Å². The van der Waals surface area contributed by atoms with E-state index in [-0.39, 0.29) is 18.7 Å². The van der Waals surface area contributed by atoms with E-state index in [1.54, 1.807) is 7.05 Å². The zero-order chi connectivity index (χ0) is 11.6. The van der Waals surface area contributed by atoms with E-state index in [0.717, 1.165) is 0 Å². The molecule has 0 spiro atoms. The molecule has 5 N–H and O–H groups in total. The summed E-state index contributed by atoms with van der Waals surface area (Å²) in [5.74, 6) is -1.11. The summed E-state index contributed by atoms with van der Waals surface area (Å²) in [6.45, 7) is 0.522. The summed E-state index contributed by atoms with van der Waals surface area (Å²) in [7, 11) is -2.07. The van der Waals surface area contributed by atoms with Crippen LogP contribution in [0.15, 0.2) is 0 Å². The van der Waals surface area contributed by atoms with Crippen molar-refractivity contribution in [1.82, 2.24) is 5.32 Å². The molecule has 0 heterocycles. The van der Waals surface area contributed by atoms with Gasteiger partial charge in [0.2, 0.25) is 0 Å². The molecule has 0 aromatic heterocycles. The molecule has 0 radical (unpaired) electrons. The Balaban J connectivity index is 0. The predicted molar refractivity (Wildman–Crippen MR) is 51.6 cm³/mol. The lowest BCUT2D eigenvalue weighted by atomic mass is 10.4. The van der Waals surface area contributed by atoms with Gasteiger partial charge in [-0.2, -0.15) is 8.42 Å². The highest BCUT2D eigenvalue weighted by molar-refractivity contribution is 7.85. The van der Waals surface area contributed by atoms with Gasteiger partial charge in [0.05, 0.1) is 12.2 Å². The number of carboxylic acids is 1. The number of nitrogens with one attached hydrogen (secondary N) is 1. The van der Waals surface area contributed by atoms with Crippen molar-refractivity contribution in [2.75, 3.05) is 25.9 Å². The maximum absolute atomic E-state index is 9.72. The van der Waals surface area contributed by atoms with Crippen LogP contribution in [0.4, 0.5) is 0 Å². The lowest BCUT2D eigenvalue weighted by molar-refractivity contribution is -0.136. The summed E-state index contributed by atoms with van der Waals surface area (Å²) in [5.41, 5.74) is 4.78. The number of carbonyl (C=O) groups is 1. The molecule has 0 aliphatic heterocycles. The van der Waals surface area contributed by atoms with Gasteiger partial charge >= 0.3 is 5.97 Å². The van der Waals surface area contributed by atoms with Gasteiger partial charge in [0.25, 0.3) is 10.1 Å². The van der Waals surface area contributed by atoms with Crippen LogP contribution in [0.5, 0.6) is 0 Å². The molecule has 0 aromatic rings. The Labute approximate surface area is 83.0 Å². The number of aliphatic carboxylic acids is 1. The third kappa shape index (κ3) is 22.5. The number of carboxylic acid groups (broad SMARTS) is 1. The highest BCUT2D eigenvalue weighted by atomic mass is 32.2. The van der Waals surface area contributed by atoms with Crippen LogP contribution in [0.2, 0.25) is 0 Å². The number of hydrogen-bond acceptors (Lipinski definition) is 5. The van der Waals surface area contributed by atoms with Crippen LogP contribution in [-0.4, -0.2) is 49.9 Å². The van der Waals surface area contributed by atoms with Crippen molar-refractivity contribution in [3.8, 4) is 0 Å². The minimum absolute atomic E-state index is 0.0289. The molecule has 0 rings (SSSR count). The smallest absolute Gasteiger partial charge is 0.304 e. The Bertz CT molecular complexity index is 239. The van der Waals surface area contributed by atoms with E-state index < -0.39 is 16.1 Å². The molecule has 8 heteroatoms. The molecule has 0 unspecified atom stereocenters. The van der Waals surface area contributed by atoms with Gasteiger partial charge in [-0.05, 0) is 7.05 Å². The number of rotatable bonds is 5.